The molecule has 40 heavy (non-hydrogen) atoms. The minimum absolute atomic E-state index is 0.000935. The van der Waals surface area contributed by atoms with Gasteiger partial charge in [-0.05, 0) is 77.1 Å². The van der Waals surface area contributed by atoms with Crippen molar-refractivity contribution in [3.63, 3.8) is 0 Å². The lowest BCUT2D eigenvalue weighted by Crippen LogP contribution is -2.38. The lowest BCUT2D eigenvalue weighted by Gasteiger charge is -2.31. The molecule has 1 unspecified atom stereocenters. The number of fused-ring (bicyclic) bond motifs is 2. The van der Waals surface area contributed by atoms with E-state index in [1.54, 1.807) is 10.6 Å². The van der Waals surface area contributed by atoms with Crippen LogP contribution in [0.25, 0.3) is 11.0 Å². The van der Waals surface area contributed by atoms with Crippen LogP contribution in [-0.4, -0.2) is 52.0 Å². The summed E-state index contributed by atoms with van der Waals surface area (Å²) in [4.78, 5) is 32.8. The molecule has 9 nitrogen and oxygen atoms in total. The Morgan fingerprint density at radius 1 is 1.18 bits per heavy atom. The summed E-state index contributed by atoms with van der Waals surface area (Å²) >= 11 is 0. The minimum atomic E-state index is -0.369. The molecule has 1 fully saturated rings. The zero-order valence-electron chi connectivity index (χ0n) is 23.7. The average molecular weight is 555 g/mol. The zero-order chi connectivity index (χ0) is 28.2. The van der Waals surface area contributed by atoms with Crippen molar-refractivity contribution in [2.24, 2.45) is 5.92 Å². The van der Waals surface area contributed by atoms with E-state index in [0.717, 1.165) is 80.5 Å². The number of hydrogen-bond donors (Lipinski definition) is 0. The molecular weight excluding hydrogens is 515 g/mol. The summed E-state index contributed by atoms with van der Waals surface area (Å²) < 4.78 is 31.9. The van der Waals surface area contributed by atoms with Crippen molar-refractivity contribution < 1.29 is 23.2 Å². The van der Waals surface area contributed by atoms with Gasteiger partial charge in [-0.25, -0.2) is 9.37 Å². The van der Waals surface area contributed by atoms with Crippen molar-refractivity contribution in [3.05, 3.63) is 57.1 Å². The van der Waals surface area contributed by atoms with Gasteiger partial charge >= 0.3 is 5.97 Å². The molecule has 4 heterocycles. The summed E-state index contributed by atoms with van der Waals surface area (Å²) in [6, 6.07) is 4.58. The first-order chi connectivity index (χ1) is 19.4. The first kappa shape index (κ1) is 28.4. The maximum atomic E-state index is 13.5. The molecule has 2 aromatic heterocycles. The molecule has 3 aromatic rings. The van der Waals surface area contributed by atoms with Gasteiger partial charge in [0.15, 0.2) is 12.4 Å². The molecule has 2 aliphatic rings. The van der Waals surface area contributed by atoms with E-state index in [1.807, 2.05) is 20.8 Å². The van der Waals surface area contributed by atoms with E-state index < -0.39 is 0 Å². The van der Waals surface area contributed by atoms with Crippen molar-refractivity contribution in [2.75, 3.05) is 26.4 Å². The highest BCUT2D eigenvalue weighted by Crippen LogP contribution is 2.33. The number of ether oxygens (including phenoxy) is 2. The van der Waals surface area contributed by atoms with Crippen LogP contribution in [0.2, 0.25) is 0 Å². The molecule has 0 saturated carbocycles. The number of piperidine rings is 1. The highest BCUT2D eigenvalue weighted by atomic mass is 19.1. The highest BCUT2D eigenvalue weighted by molar-refractivity contribution is 5.79. The molecule has 0 bridgehead atoms. The summed E-state index contributed by atoms with van der Waals surface area (Å²) in [5.74, 6) is 0.204. The van der Waals surface area contributed by atoms with Gasteiger partial charge in [-0.1, -0.05) is 19.0 Å². The van der Waals surface area contributed by atoms with Gasteiger partial charge in [0.1, 0.15) is 17.7 Å². The van der Waals surface area contributed by atoms with E-state index in [4.69, 9.17) is 19.0 Å². The fraction of sp³-hybridized carbons (Fsp3) is 0.600. The number of carbonyl (C=O) groups excluding carboxylic acids is 1. The third-order valence-corrected chi connectivity index (χ3v) is 8.54. The molecular formula is C30H39FN4O5. The summed E-state index contributed by atoms with van der Waals surface area (Å²) in [5.41, 5.74) is 2.88. The van der Waals surface area contributed by atoms with Crippen LogP contribution in [0.4, 0.5) is 4.39 Å². The number of hydrogen-bond acceptors (Lipinski definition) is 8. The smallest absolute Gasteiger partial charge is 0.311 e. The molecule has 5 rings (SSSR count). The molecule has 0 N–H and O–H groups in total. The molecule has 0 radical (unpaired) electrons. The maximum absolute atomic E-state index is 13.5. The van der Waals surface area contributed by atoms with E-state index >= 15 is 0 Å². The molecule has 0 amide bonds. The molecule has 10 heteroatoms. The third kappa shape index (κ3) is 5.98. The minimum Gasteiger partial charge on any atom is -0.438 e. The normalized spacial score (nSPS) is 18.4. The molecule has 216 valence electrons. The monoisotopic (exact) mass is 554 g/mol. The Labute approximate surface area is 233 Å². The van der Waals surface area contributed by atoms with Gasteiger partial charge in [-0.3, -0.25) is 14.2 Å². The van der Waals surface area contributed by atoms with Crippen LogP contribution in [0.1, 0.15) is 87.2 Å². The Balaban J connectivity index is 1.18. The van der Waals surface area contributed by atoms with E-state index in [0.29, 0.717) is 24.4 Å². The van der Waals surface area contributed by atoms with Crippen LogP contribution in [0.15, 0.2) is 27.5 Å². The Kier molecular flexibility index (Phi) is 8.95. The highest BCUT2D eigenvalue weighted by Gasteiger charge is 2.28. The number of halogens is 1. The first-order valence-electron chi connectivity index (χ1n) is 14.5. The lowest BCUT2D eigenvalue weighted by molar-refractivity contribution is -0.167. The van der Waals surface area contributed by atoms with E-state index in [2.05, 4.69) is 10.1 Å². The fourth-order valence-corrected chi connectivity index (χ4v) is 6.03. The summed E-state index contributed by atoms with van der Waals surface area (Å²) in [6.45, 7) is 8.88. The number of benzene rings is 1. The third-order valence-electron chi connectivity index (χ3n) is 8.54. The largest absolute Gasteiger partial charge is 0.438 e. The fourth-order valence-electron chi connectivity index (χ4n) is 6.03. The number of carbonyl (C=O) groups is 1. The molecule has 1 saturated heterocycles. The van der Waals surface area contributed by atoms with Crippen molar-refractivity contribution in [3.8, 4) is 0 Å². The number of likely N-dealkylation sites (tertiary alicyclic amines) is 1. The molecule has 1 aromatic carbocycles. The van der Waals surface area contributed by atoms with Crippen molar-refractivity contribution in [2.45, 2.75) is 84.3 Å². The van der Waals surface area contributed by atoms with Crippen LogP contribution in [0, 0.1) is 18.7 Å². The number of aryl methyl sites for hydroxylation is 1. The summed E-state index contributed by atoms with van der Waals surface area (Å²) in [6.07, 6.45) is 5.14. The van der Waals surface area contributed by atoms with Crippen molar-refractivity contribution in [1.82, 2.24) is 19.6 Å². The second kappa shape index (κ2) is 12.6. The Bertz CT molecular complexity index is 1390. The van der Waals surface area contributed by atoms with Gasteiger partial charge in [0.25, 0.3) is 5.56 Å². The van der Waals surface area contributed by atoms with Crippen molar-refractivity contribution >= 4 is 16.9 Å². The molecule has 0 aliphatic carbocycles. The number of nitrogens with zero attached hydrogens (tertiary/aromatic N) is 4. The van der Waals surface area contributed by atoms with Crippen LogP contribution >= 0.6 is 0 Å². The number of esters is 1. The second-order valence-corrected chi connectivity index (χ2v) is 11.0. The van der Waals surface area contributed by atoms with Gasteiger partial charge in [-0.15, -0.1) is 0 Å². The van der Waals surface area contributed by atoms with Crippen LogP contribution in [0.3, 0.4) is 0 Å². The van der Waals surface area contributed by atoms with Gasteiger partial charge in [0.05, 0.1) is 11.6 Å². The second-order valence-electron chi connectivity index (χ2n) is 11.0. The van der Waals surface area contributed by atoms with Gasteiger partial charge < -0.3 is 18.9 Å². The predicted molar refractivity (Wildman–Crippen MR) is 147 cm³/mol. The number of aromatic nitrogens is 3. The maximum Gasteiger partial charge on any atom is 0.311 e. The molecule has 1 atom stereocenters. The summed E-state index contributed by atoms with van der Waals surface area (Å²) in [5, 5.41) is 5.13. The Morgan fingerprint density at radius 3 is 2.70 bits per heavy atom. The van der Waals surface area contributed by atoms with E-state index in [9.17, 15) is 14.0 Å². The lowest BCUT2D eigenvalue weighted by atomic mass is 9.91. The van der Waals surface area contributed by atoms with Crippen LogP contribution in [-0.2, 0) is 27.2 Å². The Morgan fingerprint density at radius 2 is 1.95 bits per heavy atom. The Hall–Kier alpha value is -3.11. The van der Waals surface area contributed by atoms with Crippen LogP contribution in [0.5, 0.6) is 0 Å². The summed E-state index contributed by atoms with van der Waals surface area (Å²) in [7, 11) is 0. The quantitative estimate of drug-likeness (QED) is 0.254. The predicted octanol–water partition coefficient (Wildman–Crippen LogP) is 5.04. The molecule has 2 aliphatic heterocycles. The van der Waals surface area contributed by atoms with E-state index in [1.165, 1.54) is 12.1 Å². The van der Waals surface area contributed by atoms with Crippen molar-refractivity contribution in [1.29, 1.82) is 0 Å². The molecule has 0 spiro atoms. The average Bonchev–Trinajstić information content (AvgIpc) is 3.37. The van der Waals surface area contributed by atoms with E-state index in [-0.39, 0.29) is 42.1 Å². The van der Waals surface area contributed by atoms with Gasteiger partial charge in [0, 0.05) is 41.7 Å². The SMILES string of the molecule is CCC(CC)C(=O)OCOC1CCCn2c1nc(C)c(CCN1CCC(c3noc4cc(F)ccc34)CC1)c2=O. The van der Waals surface area contributed by atoms with Crippen LogP contribution < -0.4 is 5.56 Å². The van der Waals surface area contributed by atoms with Gasteiger partial charge in [0.2, 0.25) is 0 Å². The first-order valence-corrected chi connectivity index (χ1v) is 14.5. The topological polar surface area (TPSA) is 99.7 Å². The zero-order valence-corrected chi connectivity index (χ0v) is 23.7. The van der Waals surface area contributed by atoms with Gasteiger partial charge in [-0.2, -0.15) is 0 Å². The standard InChI is InChI=1S/C30H39FN4O5/c1-4-20(5-2)30(37)39-18-38-25-7-6-13-35-28(25)32-19(3)23(29(35)36)12-16-34-14-10-21(11-15-34)27-24-9-8-22(31)17-26(24)40-33-27/h8-9,17,20-21,25H,4-7,10-16,18H2,1-3H3. The number of rotatable bonds is 10.